The number of hydrogen-bond acceptors (Lipinski definition) is 9. The fourth-order valence-corrected chi connectivity index (χ4v) is 9.81. The zero-order chi connectivity index (χ0) is 34.9. The summed E-state index contributed by atoms with van der Waals surface area (Å²) < 4.78 is 80.2. The zero-order valence-electron chi connectivity index (χ0n) is 26.4. The van der Waals surface area contributed by atoms with Crippen molar-refractivity contribution in [2.75, 3.05) is 50.0 Å². The summed E-state index contributed by atoms with van der Waals surface area (Å²) in [5.74, 6) is -6.05. The Morgan fingerprint density at radius 3 is 2.66 bits per heavy atom. The summed E-state index contributed by atoms with van der Waals surface area (Å²) in [6.45, 7) is 2.05. The number of fused-ring (bicyclic) bond motifs is 3. The van der Waals surface area contributed by atoms with Crippen molar-refractivity contribution in [2.45, 2.75) is 55.3 Å². The van der Waals surface area contributed by atoms with Crippen molar-refractivity contribution in [2.24, 2.45) is 5.92 Å². The topological polar surface area (TPSA) is 112 Å². The molecule has 6 heterocycles. The first-order chi connectivity index (χ1) is 23.8. The minimum absolute atomic E-state index is 0.00000399. The molecule has 9 rings (SSSR count). The van der Waals surface area contributed by atoms with E-state index in [1.807, 2.05) is 11.0 Å². The maximum Gasteiger partial charge on any atom is 0.319 e. The predicted molar refractivity (Wildman–Crippen MR) is 177 cm³/mol. The lowest BCUT2D eigenvalue weighted by atomic mass is 9.77. The summed E-state index contributed by atoms with van der Waals surface area (Å²) in [6.07, 6.45) is 1.09. The molecule has 1 saturated carbocycles. The van der Waals surface area contributed by atoms with Gasteiger partial charge in [0.1, 0.15) is 46.9 Å². The van der Waals surface area contributed by atoms with E-state index < -0.39 is 53.1 Å². The van der Waals surface area contributed by atoms with Crippen LogP contribution in [-0.2, 0) is 4.79 Å². The minimum Gasteiger partial charge on any atom is -0.461 e. The lowest BCUT2D eigenvalue weighted by Crippen LogP contribution is -2.78. The van der Waals surface area contributed by atoms with E-state index in [-0.39, 0.29) is 79.2 Å². The number of hydrogen-bond donors (Lipinski definition) is 1. The molecule has 0 radical (unpaired) electrons. The fraction of sp³-hybridized carbons (Fsp3) is 0.471. The van der Waals surface area contributed by atoms with E-state index in [0.29, 0.717) is 25.9 Å². The van der Waals surface area contributed by atoms with Crippen molar-refractivity contribution in [3.63, 3.8) is 0 Å². The second kappa shape index (κ2) is 10.8. The second-order valence-corrected chi connectivity index (χ2v) is 15.7. The third-order valence-corrected chi connectivity index (χ3v) is 12.6. The van der Waals surface area contributed by atoms with Crippen LogP contribution in [0.1, 0.15) is 37.7 Å². The Kier molecular flexibility index (Phi) is 6.87. The van der Waals surface area contributed by atoms with Crippen molar-refractivity contribution >= 4 is 60.7 Å². The molecule has 2 N–H and O–H groups in total. The largest absolute Gasteiger partial charge is 0.461 e. The van der Waals surface area contributed by atoms with Crippen molar-refractivity contribution in [3.8, 4) is 23.2 Å². The molecule has 16 heteroatoms. The lowest BCUT2D eigenvalue weighted by molar-refractivity contribution is -0.153. The van der Waals surface area contributed by atoms with E-state index in [2.05, 4.69) is 14.9 Å². The summed E-state index contributed by atoms with van der Waals surface area (Å²) in [6, 6.07) is 5.83. The van der Waals surface area contributed by atoms with E-state index in [4.69, 9.17) is 22.1 Å². The van der Waals surface area contributed by atoms with Crippen LogP contribution in [0.15, 0.2) is 18.2 Å². The van der Waals surface area contributed by atoms with E-state index in [9.17, 15) is 27.6 Å². The van der Waals surface area contributed by atoms with Gasteiger partial charge in [-0.25, -0.2) is 22.0 Å². The number of thiophene rings is 1. The van der Waals surface area contributed by atoms with Gasteiger partial charge in [0.2, 0.25) is 5.91 Å². The van der Waals surface area contributed by atoms with Crippen LogP contribution >= 0.6 is 22.9 Å². The quantitative estimate of drug-likeness (QED) is 0.231. The van der Waals surface area contributed by atoms with Crippen LogP contribution in [-0.4, -0.2) is 88.2 Å². The minimum atomic E-state index is -2.98. The van der Waals surface area contributed by atoms with E-state index in [0.717, 1.165) is 36.8 Å². The highest BCUT2D eigenvalue weighted by atomic mass is 35.5. The highest BCUT2D eigenvalue weighted by molar-refractivity contribution is 7.23. The van der Waals surface area contributed by atoms with Crippen LogP contribution in [0.2, 0.25) is 5.02 Å². The first kappa shape index (κ1) is 31.9. The third kappa shape index (κ3) is 4.53. The first-order valence-electron chi connectivity index (χ1n) is 16.4. The normalized spacial score (nSPS) is 26.3. The molecule has 5 fully saturated rings. The van der Waals surface area contributed by atoms with Crippen LogP contribution < -0.4 is 15.4 Å². The Morgan fingerprint density at radius 1 is 1.18 bits per heavy atom. The Balaban J connectivity index is 1.13. The maximum absolute atomic E-state index is 17.0. The van der Waals surface area contributed by atoms with Gasteiger partial charge in [-0.15, -0.1) is 11.3 Å². The van der Waals surface area contributed by atoms with Gasteiger partial charge in [-0.3, -0.25) is 9.69 Å². The molecule has 1 spiro atoms. The molecule has 260 valence electrons. The first-order valence-corrected chi connectivity index (χ1v) is 17.6. The molecule has 0 bridgehead atoms. The summed E-state index contributed by atoms with van der Waals surface area (Å²) in [5, 5.41) is 10.2. The van der Waals surface area contributed by atoms with Crippen LogP contribution in [0.4, 0.5) is 32.8 Å². The Morgan fingerprint density at radius 2 is 1.96 bits per heavy atom. The van der Waals surface area contributed by atoms with Crippen LogP contribution in [0.3, 0.4) is 0 Å². The second-order valence-electron chi connectivity index (χ2n) is 14.2. The lowest BCUT2D eigenvalue weighted by Gasteiger charge is -2.63. The van der Waals surface area contributed by atoms with Crippen molar-refractivity contribution in [1.82, 2.24) is 19.8 Å². The van der Waals surface area contributed by atoms with Crippen molar-refractivity contribution in [3.05, 3.63) is 40.4 Å². The van der Waals surface area contributed by atoms with Gasteiger partial charge in [-0.05, 0) is 43.5 Å². The van der Waals surface area contributed by atoms with Crippen LogP contribution in [0.5, 0.6) is 6.01 Å². The predicted octanol–water partition coefficient (Wildman–Crippen LogP) is 6.30. The van der Waals surface area contributed by atoms with Gasteiger partial charge in [0.05, 0.1) is 26.4 Å². The Labute approximate surface area is 291 Å². The Hall–Kier alpha value is -4.00. The number of alkyl halides is 3. The molecule has 4 aliphatic heterocycles. The number of carbonyl (C=O) groups is 1. The molecular formula is C34H29ClF5N7O2S. The molecule has 50 heavy (non-hydrogen) atoms. The molecule has 2 aromatic carbocycles. The molecule has 5 aliphatic rings. The van der Waals surface area contributed by atoms with Gasteiger partial charge in [0.25, 0.3) is 5.92 Å². The summed E-state index contributed by atoms with van der Waals surface area (Å²) in [5.41, 5.74) is 4.74. The van der Waals surface area contributed by atoms with Gasteiger partial charge in [-0.1, -0.05) is 17.7 Å². The zero-order valence-corrected chi connectivity index (χ0v) is 28.0. The number of halogens is 6. The monoisotopic (exact) mass is 729 g/mol. The average molecular weight is 730 g/mol. The van der Waals surface area contributed by atoms with E-state index in [1.54, 1.807) is 0 Å². The van der Waals surface area contributed by atoms with Crippen molar-refractivity contribution < 1.29 is 31.5 Å². The van der Waals surface area contributed by atoms with Gasteiger partial charge in [0.15, 0.2) is 5.82 Å². The number of benzene rings is 2. The van der Waals surface area contributed by atoms with Gasteiger partial charge >= 0.3 is 6.01 Å². The number of rotatable bonds is 6. The number of nitrogens with two attached hydrogens (primary N) is 1. The number of carbonyl (C=O) groups excluding carboxylic acids is 1. The fourth-order valence-electron chi connectivity index (χ4n) is 8.56. The number of amides is 1. The molecule has 1 unspecified atom stereocenters. The molecule has 1 amide bonds. The standard InChI is InChI=1S/C34H29ClF5N7O2S/c35-21-8-18-26(25(38)24(21)17-2-3-22(37)27-23(17)19(11-41)28(42)50-27)43-31(49-15-32-4-1-6-46(32)12-16(36)9-32)44-29(18)45-13-33(14-45)5-7-47(33)30(48)20-10-34(20,39)40/h2-3,8,16,20H,1,4-7,9-10,12-15,42H2/t16-,20?,32+/m1/s1. The SMILES string of the molecule is N#Cc1c(N)sc2c(F)ccc(-c3c(Cl)cc4c(N5CC6(CCN6C(=O)C6CC6(F)F)C5)nc(OC[C@@]56CCCN5C[C@H](F)C6)nc4c3F)c12. The van der Waals surface area contributed by atoms with Gasteiger partial charge < -0.3 is 20.3 Å². The van der Waals surface area contributed by atoms with E-state index in [1.165, 1.54) is 17.0 Å². The number of anilines is 2. The van der Waals surface area contributed by atoms with E-state index >= 15 is 4.39 Å². The molecule has 9 nitrogen and oxygen atoms in total. The summed E-state index contributed by atoms with van der Waals surface area (Å²) in [7, 11) is 0. The molecule has 4 saturated heterocycles. The average Bonchev–Trinajstić information content (AvgIpc) is 3.27. The smallest absolute Gasteiger partial charge is 0.319 e. The highest BCUT2D eigenvalue weighted by Gasteiger charge is 2.66. The van der Waals surface area contributed by atoms with Crippen molar-refractivity contribution in [1.29, 1.82) is 5.26 Å². The van der Waals surface area contributed by atoms with Gasteiger partial charge in [0, 0.05) is 55.4 Å². The highest BCUT2D eigenvalue weighted by Crippen LogP contribution is 2.53. The number of nitriles is 1. The van der Waals surface area contributed by atoms with Gasteiger partial charge in [-0.2, -0.15) is 15.2 Å². The third-order valence-electron chi connectivity index (χ3n) is 11.3. The number of nitrogen functional groups attached to an aromatic ring is 1. The Bertz CT molecular complexity index is 2190. The van der Waals surface area contributed by atoms with Crippen LogP contribution in [0.25, 0.3) is 32.1 Å². The summed E-state index contributed by atoms with van der Waals surface area (Å²) >= 11 is 7.67. The number of likely N-dealkylation sites (tertiary alicyclic amines) is 1. The molecule has 1 aliphatic carbocycles. The van der Waals surface area contributed by atoms with Crippen LogP contribution in [0, 0.1) is 28.9 Å². The number of ether oxygens (including phenoxy) is 1. The molecular weight excluding hydrogens is 701 g/mol. The number of nitrogens with zero attached hydrogens (tertiary/aromatic N) is 6. The molecule has 4 aromatic rings. The number of aromatic nitrogens is 2. The maximum atomic E-state index is 17.0. The molecule has 3 atom stereocenters. The summed E-state index contributed by atoms with van der Waals surface area (Å²) in [4.78, 5) is 27.5. The molecule has 2 aromatic heterocycles.